The van der Waals surface area contributed by atoms with E-state index in [1.54, 1.807) is 24.3 Å². The Kier molecular flexibility index (Phi) is 6.28. The second kappa shape index (κ2) is 8.86. The van der Waals surface area contributed by atoms with Crippen LogP contribution < -0.4 is 9.47 Å². The number of hydrogen-bond donors (Lipinski definition) is 0. The number of hydrogen-bond acceptors (Lipinski definition) is 5. The summed E-state index contributed by atoms with van der Waals surface area (Å²) in [6.45, 7) is 0.560. The summed E-state index contributed by atoms with van der Waals surface area (Å²) in [6, 6.07) is 10.9. The topological polar surface area (TPSA) is 73.7 Å². The molecule has 0 radical (unpaired) electrons. The number of para-hydroxylation sites is 2. The zero-order valence-electron chi connectivity index (χ0n) is 18.2. The summed E-state index contributed by atoms with van der Waals surface area (Å²) >= 11 is 0. The summed E-state index contributed by atoms with van der Waals surface area (Å²) < 4.78 is 79.9. The first-order valence-corrected chi connectivity index (χ1v) is 11.8. The van der Waals surface area contributed by atoms with Gasteiger partial charge in [0.25, 0.3) is 0 Å². The molecule has 1 aliphatic heterocycles. The summed E-state index contributed by atoms with van der Waals surface area (Å²) in [4.78, 5) is 3.87. The maximum Gasteiger partial charge on any atom is 0.449 e. The van der Waals surface area contributed by atoms with Gasteiger partial charge in [-0.05, 0) is 43.0 Å². The van der Waals surface area contributed by atoms with E-state index in [2.05, 4.69) is 4.98 Å². The van der Waals surface area contributed by atoms with Gasteiger partial charge in [-0.2, -0.15) is 17.5 Å². The van der Waals surface area contributed by atoms with Crippen LogP contribution in [0.1, 0.15) is 18.7 Å². The number of sulfonamides is 1. The van der Waals surface area contributed by atoms with Crippen LogP contribution in [0, 0.1) is 5.92 Å². The largest absolute Gasteiger partial charge is 0.493 e. The molecule has 7 nitrogen and oxygen atoms in total. The molecule has 4 rings (SSSR count). The Labute approximate surface area is 189 Å². The van der Waals surface area contributed by atoms with Crippen molar-refractivity contribution in [2.45, 2.75) is 30.5 Å². The van der Waals surface area contributed by atoms with Gasteiger partial charge >= 0.3 is 6.18 Å². The number of alkyl halides is 3. The molecule has 178 valence electrons. The van der Waals surface area contributed by atoms with Gasteiger partial charge in [-0.1, -0.05) is 12.1 Å². The van der Waals surface area contributed by atoms with Crippen LogP contribution in [0.2, 0.25) is 0 Å². The molecular formula is C22H24F3N3O4S. The van der Waals surface area contributed by atoms with Crippen LogP contribution in [0.25, 0.3) is 11.0 Å². The zero-order chi connectivity index (χ0) is 23.8. The number of methoxy groups -OCH3 is 2. The predicted octanol–water partition coefficient (Wildman–Crippen LogP) is 4.17. The van der Waals surface area contributed by atoms with Crippen molar-refractivity contribution in [3.8, 4) is 11.5 Å². The highest BCUT2D eigenvalue weighted by Crippen LogP contribution is 2.35. The molecular weight excluding hydrogens is 459 g/mol. The Bertz CT molecular complexity index is 1250. The lowest BCUT2D eigenvalue weighted by Gasteiger charge is -2.32. The van der Waals surface area contributed by atoms with Crippen molar-refractivity contribution in [3.63, 3.8) is 0 Å². The minimum absolute atomic E-state index is 0.0820. The van der Waals surface area contributed by atoms with Crippen molar-refractivity contribution >= 4 is 21.1 Å². The standard InChI is InChI=1S/C22H24F3N3O4S/c1-31-19-8-7-16(13-20(19)32-2)33(29,30)27-11-9-15(10-12-27)14-28-18-6-4-3-5-17(18)26-21(28)22(23,24)25/h3-8,13,15H,9-12,14H2,1-2H3. The fourth-order valence-corrected chi connectivity index (χ4v) is 5.68. The quantitative estimate of drug-likeness (QED) is 0.526. The maximum atomic E-state index is 13.6. The average Bonchev–Trinajstić information content (AvgIpc) is 3.18. The average molecular weight is 484 g/mol. The lowest BCUT2D eigenvalue weighted by Crippen LogP contribution is -2.39. The van der Waals surface area contributed by atoms with Crippen molar-refractivity contribution in [2.75, 3.05) is 27.3 Å². The van der Waals surface area contributed by atoms with Crippen molar-refractivity contribution in [1.29, 1.82) is 0 Å². The van der Waals surface area contributed by atoms with Crippen molar-refractivity contribution in [2.24, 2.45) is 5.92 Å². The molecule has 2 aromatic carbocycles. The number of rotatable bonds is 6. The smallest absolute Gasteiger partial charge is 0.449 e. The van der Waals surface area contributed by atoms with Gasteiger partial charge in [-0.15, -0.1) is 0 Å². The number of aromatic nitrogens is 2. The molecule has 3 aromatic rings. The van der Waals surface area contributed by atoms with E-state index < -0.39 is 22.0 Å². The van der Waals surface area contributed by atoms with Crippen LogP contribution in [0.3, 0.4) is 0 Å². The van der Waals surface area contributed by atoms with Crippen LogP contribution in [-0.4, -0.2) is 49.6 Å². The Morgan fingerprint density at radius 1 is 1.03 bits per heavy atom. The fraction of sp³-hybridized carbons (Fsp3) is 0.409. The van der Waals surface area contributed by atoms with E-state index in [0.717, 1.165) is 0 Å². The van der Waals surface area contributed by atoms with Gasteiger partial charge in [-0.25, -0.2) is 13.4 Å². The van der Waals surface area contributed by atoms with Gasteiger partial charge in [0.15, 0.2) is 11.5 Å². The van der Waals surface area contributed by atoms with Crippen LogP contribution in [0.4, 0.5) is 13.2 Å². The molecule has 1 aliphatic rings. The molecule has 1 aromatic heterocycles. The molecule has 0 saturated carbocycles. The lowest BCUT2D eigenvalue weighted by atomic mass is 9.98. The van der Waals surface area contributed by atoms with Crippen molar-refractivity contribution in [1.82, 2.24) is 13.9 Å². The van der Waals surface area contributed by atoms with E-state index in [0.29, 0.717) is 35.4 Å². The Balaban J connectivity index is 1.51. The van der Waals surface area contributed by atoms with Gasteiger partial charge in [0.05, 0.1) is 30.1 Å². The maximum absolute atomic E-state index is 13.6. The first kappa shape index (κ1) is 23.4. The molecule has 33 heavy (non-hydrogen) atoms. The minimum atomic E-state index is -4.57. The molecule has 0 N–H and O–H groups in total. The number of halogens is 3. The highest BCUT2D eigenvalue weighted by molar-refractivity contribution is 7.89. The number of fused-ring (bicyclic) bond motifs is 1. The highest BCUT2D eigenvalue weighted by Gasteiger charge is 2.38. The van der Waals surface area contributed by atoms with E-state index in [4.69, 9.17) is 9.47 Å². The summed E-state index contributed by atoms with van der Waals surface area (Å²) in [5, 5.41) is 0. The van der Waals surface area contributed by atoms with Gasteiger partial charge in [0.1, 0.15) is 0 Å². The number of imidazole rings is 1. The SMILES string of the molecule is COc1ccc(S(=O)(=O)N2CCC(Cn3c(C(F)(F)F)nc4ccccc43)CC2)cc1OC. The van der Waals surface area contributed by atoms with Gasteiger partial charge < -0.3 is 14.0 Å². The number of piperidine rings is 1. The molecule has 1 fully saturated rings. The second-order valence-corrected chi connectivity index (χ2v) is 9.83. The number of benzene rings is 2. The molecule has 0 atom stereocenters. The van der Waals surface area contributed by atoms with Gasteiger partial charge in [0.2, 0.25) is 15.8 Å². The summed E-state index contributed by atoms with van der Waals surface area (Å²) in [5.41, 5.74) is 0.712. The van der Waals surface area contributed by atoms with Crippen LogP contribution in [-0.2, 0) is 22.7 Å². The molecule has 1 saturated heterocycles. The number of nitrogens with zero attached hydrogens (tertiary/aromatic N) is 3. The third-order valence-corrected chi connectivity index (χ3v) is 7.81. The third kappa shape index (κ3) is 4.51. The van der Waals surface area contributed by atoms with Crippen LogP contribution >= 0.6 is 0 Å². The molecule has 0 aliphatic carbocycles. The lowest BCUT2D eigenvalue weighted by molar-refractivity contribution is -0.147. The summed E-state index contributed by atoms with van der Waals surface area (Å²) in [5.74, 6) is -0.312. The molecule has 0 spiro atoms. The third-order valence-electron chi connectivity index (χ3n) is 5.92. The fourth-order valence-electron chi connectivity index (χ4n) is 4.19. The zero-order valence-corrected chi connectivity index (χ0v) is 19.0. The van der Waals surface area contributed by atoms with E-state index in [1.165, 1.54) is 41.3 Å². The van der Waals surface area contributed by atoms with Gasteiger partial charge in [0, 0.05) is 25.7 Å². The molecule has 0 bridgehead atoms. The monoisotopic (exact) mass is 483 g/mol. The second-order valence-electron chi connectivity index (χ2n) is 7.90. The molecule has 2 heterocycles. The highest BCUT2D eigenvalue weighted by atomic mass is 32.2. The molecule has 0 unspecified atom stereocenters. The van der Waals surface area contributed by atoms with Crippen LogP contribution in [0.15, 0.2) is 47.4 Å². The summed E-state index contributed by atoms with van der Waals surface area (Å²) in [7, 11) is -0.884. The normalized spacial score (nSPS) is 16.3. The van der Waals surface area contributed by atoms with Crippen LogP contribution in [0.5, 0.6) is 11.5 Å². The van der Waals surface area contributed by atoms with Crippen molar-refractivity contribution < 1.29 is 31.1 Å². The predicted molar refractivity (Wildman–Crippen MR) is 116 cm³/mol. The van der Waals surface area contributed by atoms with Crippen molar-refractivity contribution in [3.05, 3.63) is 48.3 Å². The van der Waals surface area contributed by atoms with E-state index in [1.807, 2.05) is 0 Å². The van der Waals surface area contributed by atoms with E-state index in [9.17, 15) is 21.6 Å². The molecule has 0 amide bonds. The Morgan fingerprint density at radius 3 is 2.33 bits per heavy atom. The number of ether oxygens (including phenoxy) is 2. The Hall–Kier alpha value is -2.79. The van der Waals surface area contributed by atoms with E-state index in [-0.39, 0.29) is 30.4 Å². The van der Waals surface area contributed by atoms with Gasteiger partial charge in [-0.3, -0.25) is 0 Å². The minimum Gasteiger partial charge on any atom is -0.493 e. The first-order chi connectivity index (χ1) is 15.6. The summed E-state index contributed by atoms with van der Waals surface area (Å²) in [6.07, 6.45) is -3.69. The van der Waals surface area contributed by atoms with E-state index >= 15 is 0 Å². The Morgan fingerprint density at radius 2 is 1.70 bits per heavy atom. The molecule has 11 heteroatoms. The first-order valence-electron chi connectivity index (χ1n) is 10.4.